The Morgan fingerprint density at radius 1 is 0.205 bits per heavy atom. The van der Waals surface area contributed by atoms with Crippen molar-refractivity contribution in [1.29, 1.82) is 0 Å². The first-order valence-electron chi connectivity index (χ1n) is 15.3. The first-order chi connectivity index (χ1) is 21.8. The molecule has 0 nitrogen and oxygen atoms in total. The molecule has 0 amide bonds. The topological polar surface area (TPSA) is 0 Å². The third-order valence-corrected chi connectivity index (χ3v) is 9.18. The minimum atomic E-state index is 1.23. The molecule has 0 aliphatic rings. The molecule has 44 heavy (non-hydrogen) atoms. The molecule has 204 valence electrons. The molecule has 0 saturated carbocycles. The molecule has 0 saturated heterocycles. The van der Waals surface area contributed by atoms with Gasteiger partial charge in [-0.25, -0.2) is 0 Å². The van der Waals surface area contributed by atoms with Crippen LogP contribution in [0.4, 0.5) is 0 Å². The van der Waals surface area contributed by atoms with E-state index >= 15 is 0 Å². The lowest BCUT2D eigenvalue weighted by molar-refractivity contribution is 1.66. The van der Waals surface area contributed by atoms with E-state index in [1.54, 1.807) is 0 Å². The summed E-state index contributed by atoms with van der Waals surface area (Å²) in [5.41, 5.74) is 7.52. The molecule has 9 aromatic carbocycles. The highest BCUT2D eigenvalue weighted by molar-refractivity contribution is 6.22. The van der Waals surface area contributed by atoms with E-state index in [4.69, 9.17) is 0 Å². The van der Waals surface area contributed by atoms with E-state index in [2.05, 4.69) is 170 Å². The molecule has 0 radical (unpaired) electrons. The molecule has 0 unspecified atom stereocenters. The van der Waals surface area contributed by atoms with Crippen LogP contribution in [0, 0.1) is 0 Å². The molecular weight excluding hydrogens is 528 g/mol. The third kappa shape index (κ3) is 4.00. The first kappa shape index (κ1) is 24.8. The van der Waals surface area contributed by atoms with Crippen molar-refractivity contribution in [2.75, 3.05) is 0 Å². The maximum Gasteiger partial charge on any atom is -0.00259 e. The predicted octanol–water partition coefficient (Wildman–Crippen LogP) is 12.5. The predicted molar refractivity (Wildman–Crippen MR) is 190 cm³/mol. The quantitative estimate of drug-likeness (QED) is 0.190. The van der Waals surface area contributed by atoms with Gasteiger partial charge < -0.3 is 0 Å². The monoisotopic (exact) mass is 556 g/mol. The average Bonchev–Trinajstić information content (AvgIpc) is 3.09. The number of hydrogen-bond donors (Lipinski definition) is 0. The van der Waals surface area contributed by atoms with E-state index in [1.807, 2.05) is 0 Å². The van der Waals surface area contributed by atoms with Crippen molar-refractivity contribution in [3.05, 3.63) is 170 Å². The van der Waals surface area contributed by atoms with E-state index < -0.39 is 0 Å². The standard InChI is InChI=1S/C44H28/c1-4-12-32-25-35(20-17-29(32)9-1)36-23-24-41-42(28-36)44(38-22-19-31-11-3-6-14-34(31)27-38)40-16-8-7-15-39(40)43(41)37-21-18-30-10-2-5-13-33(30)26-37/h1-28H. The molecule has 9 rings (SSSR count). The smallest absolute Gasteiger partial charge is 0.00259 e. The number of rotatable bonds is 3. The van der Waals surface area contributed by atoms with Gasteiger partial charge in [0.25, 0.3) is 0 Å². The summed E-state index contributed by atoms with van der Waals surface area (Å²) in [5, 5.41) is 12.6. The normalized spacial score (nSPS) is 11.6. The van der Waals surface area contributed by atoms with Crippen LogP contribution < -0.4 is 0 Å². The Morgan fingerprint density at radius 3 is 1.07 bits per heavy atom. The van der Waals surface area contributed by atoms with Crippen LogP contribution in [0.3, 0.4) is 0 Å². The maximum atomic E-state index is 2.42. The molecule has 0 fully saturated rings. The second-order valence-electron chi connectivity index (χ2n) is 11.7. The van der Waals surface area contributed by atoms with Crippen LogP contribution in [0.5, 0.6) is 0 Å². The van der Waals surface area contributed by atoms with Gasteiger partial charge in [-0.15, -0.1) is 0 Å². The van der Waals surface area contributed by atoms with Crippen molar-refractivity contribution in [1.82, 2.24) is 0 Å². The Morgan fingerprint density at radius 2 is 0.545 bits per heavy atom. The molecule has 0 N–H and O–H groups in total. The summed E-state index contributed by atoms with van der Waals surface area (Å²) in [7, 11) is 0. The minimum absolute atomic E-state index is 1.23. The van der Waals surface area contributed by atoms with Gasteiger partial charge in [0.1, 0.15) is 0 Å². The molecule has 0 bridgehead atoms. The summed E-state index contributed by atoms with van der Waals surface area (Å²) >= 11 is 0. The summed E-state index contributed by atoms with van der Waals surface area (Å²) in [6, 6.07) is 62.5. The second kappa shape index (κ2) is 9.93. The molecule has 0 aliphatic carbocycles. The van der Waals surface area contributed by atoms with Gasteiger partial charge in [0.15, 0.2) is 0 Å². The van der Waals surface area contributed by atoms with Crippen LogP contribution in [-0.4, -0.2) is 0 Å². The van der Waals surface area contributed by atoms with Crippen LogP contribution in [0.15, 0.2) is 170 Å². The summed E-state index contributed by atoms with van der Waals surface area (Å²) < 4.78 is 0. The fourth-order valence-corrected chi connectivity index (χ4v) is 7.04. The van der Waals surface area contributed by atoms with Crippen LogP contribution in [0.1, 0.15) is 0 Å². The summed E-state index contributed by atoms with van der Waals surface area (Å²) in [6.45, 7) is 0. The van der Waals surface area contributed by atoms with Crippen LogP contribution >= 0.6 is 0 Å². The molecule has 0 heteroatoms. The molecule has 0 atom stereocenters. The Bertz CT molecular complexity index is 2550. The molecule has 9 aromatic rings. The molecule has 0 aromatic heterocycles. The maximum absolute atomic E-state index is 2.42. The third-order valence-electron chi connectivity index (χ3n) is 9.18. The highest BCUT2D eigenvalue weighted by Crippen LogP contribution is 2.45. The zero-order valence-corrected chi connectivity index (χ0v) is 24.2. The van der Waals surface area contributed by atoms with Crippen molar-refractivity contribution >= 4 is 53.9 Å². The fraction of sp³-hybridized carbons (Fsp3) is 0. The van der Waals surface area contributed by atoms with Crippen LogP contribution in [-0.2, 0) is 0 Å². The van der Waals surface area contributed by atoms with Gasteiger partial charge in [-0.3, -0.25) is 0 Å². The lowest BCUT2D eigenvalue weighted by Gasteiger charge is -2.19. The Balaban J connectivity index is 1.39. The molecule has 0 spiro atoms. The number of benzene rings is 9. The molecule has 0 heterocycles. The lowest BCUT2D eigenvalue weighted by atomic mass is 9.84. The summed E-state index contributed by atoms with van der Waals surface area (Å²) in [5.74, 6) is 0. The van der Waals surface area contributed by atoms with Crippen molar-refractivity contribution in [3.8, 4) is 33.4 Å². The van der Waals surface area contributed by atoms with Gasteiger partial charge in [-0.05, 0) is 112 Å². The largest absolute Gasteiger partial charge is 0.0616 e. The average molecular weight is 557 g/mol. The van der Waals surface area contributed by atoms with Crippen molar-refractivity contribution in [2.45, 2.75) is 0 Å². The highest BCUT2D eigenvalue weighted by Gasteiger charge is 2.18. The van der Waals surface area contributed by atoms with Crippen molar-refractivity contribution in [3.63, 3.8) is 0 Å². The van der Waals surface area contributed by atoms with E-state index in [0.29, 0.717) is 0 Å². The van der Waals surface area contributed by atoms with Gasteiger partial charge >= 0.3 is 0 Å². The summed E-state index contributed by atoms with van der Waals surface area (Å²) in [4.78, 5) is 0. The minimum Gasteiger partial charge on any atom is -0.0616 e. The molecular formula is C44H28. The number of fused-ring (bicyclic) bond motifs is 5. The Hall–Kier alpha value is -5.72. The van der Waals surface area contributed by atoms with Crippen LogP contribution in [0.25, 0.3) is 87.2 Å². The van der Waals surface area contributed by atoms with Crippen molar-refractivity contribution < 1.29 is 0 Å². The van der Waals surface area contributed by atoms with E-state index in [-0.39, 0.29) is 0 Å². The van der Waals surface area contributed by atoms with Crippen molar-refractivity contribution in [2.24, 2.45) is 0 Å². The second-order valence-corrected chi connectivity index (χ2v) is 11.7. The lowest BCUT2D eigenvalue weighted by Crippen LogP contribution is -1.92. The SMILES string of the molecule is c1ccc2cc(-c3ccc4c(-c5ccc6ccccc6c5)c5ccccc5c(-c5ccc6ccccc6c5)c4c3)ccc2c1. The Labute approximate surface area is 256 Å². The fourth-order valence-electron chi connectivity index (χ4n) is 7.04. The van der Waals surface area contributed by atoms with Gasteiger partial charge in [-0.2, -0.15) is 0 Å². The Kier molecular flexibility index (Phi) is 5.61. The van der Waals surface area contributed by atoms with Gasteiger partial charge in [0, 0.05) is 0 Å². The molecule has 0 aliphatic heterocycles. The van der Waals surface area contributed by atoms with Gasteiger partial charge in [0.05, 0.1) is 0 Å². The number of hydrogen-bond acceptors (Lipinski definition) is 0. The van der Waals surface area contributed by atoms with E-state index in [9.17, 15) is 0 Å². The zero-order valence-electron chi connectivity index (χ0n) is 24.2. The van der Waals surface area contributed by atoms with Crippen LogP contribution in [0.2, 0.25) is 0 Å². The first-order valence-corrected chi connectivity index (χ1v) is 15.3. The highest BCUT2D eigenvalue weighted by atomic mass is 14.2. The van der Waals surface area contributed by atoms with E-state index in [1.165, 1.54) is 87.2 Å². The van der Waals surface area contributed by atoms with E-state index in [0.717, 1.165) is 0 Å². The van der Waals surface area contributed by atoms with Gasteiger partial charge in [-0.1, -0.05) is 146 Å². The zero-order chi connectivity index (χ0) is 29.0. The van der Waals surface area contributed by atoms with Gasteiger partial charge in [0.2, 0.25) is 0 Å². The summed E-state index contributed by atoms with van der Waals surface area (Å²) in [6.07, 6.45) is 0.